The first-order valence-corrected chi connectivity index (χ1v) is 5.41. The Balaban J connectivity index is 2.21. The van der Waals surface area contributed by atoms with Gasteiger partial charge in [-0.3, -0.25) is 4.90 Å². The Morgan fingerprint density at radius 1 is 1.38 bits per heavy atom. The molecule has 1 aliphatic rings. The van der Waals surface area contributed by atoms with Crippen LogP contribution in [0.2, 0.25) is 0 Å². The van der Waals surface area contributed by atoms with Crippen LogP contribution in [0.3, 0.4) is 0 Å². The van der Waals surface area contributed by atoms with Crippen molar-refractivity contribution >= 4 is 0 Å². The molecule has 1 saturated heterocycles. The van der Waals surface area contributed by atoms with Crippen LogP contribution in [0.5, 0.6) is 0 Å². The standard InChI is InChI=1S/C10H19F3N2O/c1-9(2)7-14-3-4-15(9)5-6-16-8-10(11,12)13/h14H,3-8H2,1-2H3. The molecular formula is C10H19F3N2O. The van der Waals surface area contributed by atoms with E-state index in [1.165, 1.54) is 0 Å². The first kappa shape index (κ1) is 13.7. The summed E-state index contributed by atoms with van der Waals surface area (Å²) in [5.74, 6) is 0. The van der Waals surface area contributed by atoms with Crippen LogP contribution in [-0.4, -0.2) is 56.0 Å². The summed E-state index contributed by atoms with van der Waals surface area (Å²) in [4.78, 5) is 2.15. The van der Waals surface area contributed by atoms with E-state index in [0.29, 0.717) is 6.54 Å². The minimum absolute atomic E-state index is 0.0140. The molecule has 0 bridgehead atoms. The molecule has 0 aromatic heterocycles. The largest absolute Gasteiger partial charge is 0.411 e. The van der Waals surface area contributed by atoms with Crippen molar-refractivity contribution in [3.63, 3.8) is 0 Å². The number of hydrogen-bond donors (Lipinski definition) is 1. The van der Waals surface area contributed by atoms with Crippen LogP contribution in [-0.2, 0) is 4.74 Å². The van der Waals surface area contributed by atoms with Crippen LogP contribution in [0.15, 0.2) is 0 Å². The third kappa shape index (κ3) is 4.67. The van der Waals surface area contributed by atoms with E-state index in [0.717, 1.165) is 19.6 Å². The highest BCUT2D eigenvalue weighted by Crippen LogP contribution is 2.17. The SMILES string of the molecule is CC1(C)CNCCN1CCOCC(F)(F)F. The van der Waals surface area contributed by atoms with Gasteiger partial charge in [0, 0.05) is 31.7 Å². The van der Waals surface area contributed by atoms with Gasteiger partial charge in [-0.2, -0.15) is 13.2 Å². The highest BCUT2D eigenvalue weighted by molar-refractivity contribution is 4.87. The monoisotopic (exact) mass is 240 g/mol. The van der Waals surface area contributed by atoms with Gasteiger partial charge in [0.2, 0.25) is 0 Å². The average Bonchev–Trinajstić information content (AvgIpc) is 2.12. The van der Waals surface area contributed by atoms with Crippen LogP contribution < -0.4 is 5.32 Å². The van der Waals surface area contributed by atoms with Gasteiger partial charge in [0.05, 0.1) is 6.61 Å². The summed E-state index contributed by atoms with van der Waals surface area (Å²) in [5, 5.41) is 3.26. The van der Waals surface area contributed by atoms with Crippen molar-refractivity contribution in [3.8, 4) is 0 Å². The van der Waals surface area contributed by atoms with Crippen molar-refractivity contribution in [2.24, 2.45) is 0 Å². The van der Waals surface area contributed by atoms with E-state index in [2.05, 4.69) is 28.8 Å². The molecule has 0 atom stereocenters. The normalized spacial score (nSPS) is 22.3. The summed E-state index contributed by atoms with van der Waals surface area (Å²) < 4.78 is 40.1. The van der Waals surface area contributed by atoms with Crippen LogP contribution in [0.25, 0.3) is 0 Å². The van der Waals surface area contributed by atoms with E-state index in [9.17, 15) is 13.2 Å². The second-order valence-electron chi connectivity index (χ2n) is 4.64. The van der Waals surface area contributed by atoms with Gasteiger partial charge in [0.1, 0.15) is 6.61 Å². The van der Waals surface area contributed by atoms with Gasteiger partial charge >= 0.3 is 6.18 Å². The molecule has 3 nitrogen and oxygen atoms in total. The number of nitrogens with zero attached hydrogens (tertiary/aromatic N) is 1. The molecule has 0 spiro atoms. The summed E-state index contributed by atoms with van der Waals surface area (Å²) in [5.41, 5.74) is -0.0140. The topological polar surface area (TPSA) is 24.5 Å². The molecule has 0 aliphatic carbocycles. The van der Waals surface area contributed by atoms with Gasteiger partial charge < -0.3 is 10.1 Å². The highest BCUT2D eigenvalue weighted by Gasteiger charge is 2.30. The van der Waals surface area contributed by atoms with Crippen molar-refractivity contribution in [1.29, 1.82) is 0 Å². The first-order chi connectivity index (χ1) is 7.31. The van der Waals surface area contributed by atoms with E-state index in [4.69, 9.17) is 0 Å². The smallest absolute Gasteiger partial charge is 0.371 e. The lowest BCUT2D eigenvalue weighted by molar-refractivity contribution is -0.175. The lowest BCUT2D eigenvalue weighted by atomic mass is 10.0. The average molecular weight is 240 g/mol. The fourth-order valence-corrected chi connectivity index (χ4v) is 1.80. The molecule has 1 rings (SSSR count). The molecule has 1 heterocycles. The molecule has 1 N–H and O–H groups in total. The molecule has 0 amide bonds. The summed E-state index contributed by atoms with van der Waals surface area (Å²) in [7, 11) is 0. The van der Waals surface area contributed by atoms with Crippen LogP contribution in [0.1, 0.15) is 13.8 Å². The Hall–Kier alpha value is -0.330. The number of hydrogen-bond acceptors (Lipinski definition) is 3. The van der Waals surface area contributed by atoms with Crippen molar-refractivity contribution in [2.45, 2.75) is 25.6 Å². The zero-order chi connectivity index (χ0) is 12.2. The fraction of sp³-hybridized carbons (Fsp3) is 1.00. The Morgan fingerprint density at radius 3 is 2.62 bits per heavy atom. The van der Waals surface area contributed by atoms with E-state index in [1.54, 1.807) is 0 Å². The third-order valence-electron chi connectivity index (χ3n) is 2.74. The minimum Gasteiger partial charge on any atom is -0.371 e. The fourth-order valence-electron chi connectivity index (χ4n) is 1.80. The first-order valence-electron chi connectivity index (χ1n) is 5.41. The van der Waals surface area contributed by atoms with E-state index >= 15 is 0 Å². The zero-order valence-corrected chi connectivity index (χ0v) is 9.73. The van der Waals surface area contributed by atoms with E-state index < -0.39 is 12.8 Å². The van der Waals surface area contributed by atoms with E-state index in [1.807, 2.05) is 0 Å². The van der Waals surface area contributed by atoms with Crippen molar-refractivity contribution in [3.05, 3.63) is 0 Å². The number of piperazine rings is 1. The van der Waals surface area contributed by atoms with Gasteiger partial charge in [-0.25, -0.2) is 0 Å². The van der Waals surface area contributed by atoms with Crippen LogP contribution in [0.4, 0.5) is 13.2 Å². The predicted molar refractivity (Wildman–Crippen MR) is 55.4 cm³/mol. The molecule has 1 fully saturated rings. The Morgan fingerprint density at radius 2 is 2.06 bits per heavy atom. The number of nitrogens with one attached hydrogen (secondary N) is 1. The molecule has 16 heavy (non-hydrogen) atoms. The molecule has 0 aromatic carbocycles. The Labute approximate surface area is 93.9 Å². The van der Waals surface area contributed by atoms with E-state index in [-0.39, 0.29) is 12.1 Å². The lowest BCUT2D eigenvalue weighted by Crippen LogP contribution is -2.58. The van der Waals surface area contributed by atoms with Crippen LogP contribution in [0, 0.1) is 0 Å². The number of rotatable bonds is 4. The maximum Gasteiger partial charge on any atom is 0.411 e. The molecule has 0 aromatic rings. The molecule has 96 valence electrons. The molecule has 1 aliphatic heterocycles. The maximum absolute atomic E-state index is 11.8. The van der Waals surface area contributed by atoms with Crippen LogP contribution >= 0.6 is 0 Å². The third-order valence-corrected chi connectivity index (χ3v) is 2.74. The maximum atomic E-state index is 11.8. The predicted octanol–water partition coefficient (Wildman–Crippen LogP) is 1.25. The lowest BCUT2D eigenvalue weighted by Gasteiger charge is -2.42. The second kappa shape index (κ2) is 5.33. The number of alkyl halides is 3. The highest BCUT2D eigenvalue weighted by atomic mass is 19.4. The molecule has 0 saturated carbocycles. The summed E-state index contributed by atoms with van der Waals surface area (Å²) >= 11 is 0. The van der Waals surface area contributed by atoms with Gasteiger partial charge in [0.25, 0.3) is 0 Å². The quantitative estimate of drug-likeness (QED) is 0.748. The molecule has 0 unspecified atom stereocenters. The Bertz CT molecular complexity index is 219. The summed E-state index contributed by atoms with van der Waals surface area (Å²) in [6, 6.07) is 0. The van der Waals surface area contributed by atoms with Gasteiger partial charge in [-0.15, -0.1) is 0 Å². The molecular weight excluding hydrogens is 221 g/mol. The number of halogens is 3. The minimum atomic E-state index is -4.22. The van der Waals surface area contributed by atoms with Crippen molar-refractivity contribution in [2.75, 3.05) is 39.4 Å². The molecule has 0 radical (unpaired) electrons. The molecule has 6 heteroatoms. The second-order valence-corrected chi connectivity index (χ2v) is 4.64. The van der Waals surface area contributed by atoms with Crippen molar-refractivity contribution < 1.29 is 17.9 Å². The Kier molecular flexibility index (Phi) is 4.58. The zero-order valence-electron chi connectivity index (χ0n) is 9.73. The van der Waals surface area contributed by atoms with Gasteiger partial charge in [-0.05, 0) is 13.8 Å². The summed E-state index contributed by atoms with van der Waals surface area (Å²) in [6.07, 6.45) is -4.22. The van der Waals surface area contributed by atoms with Gasteiger partial charge in [0.15, 0.2) is 0 Å². The number of ether oxygens (including phenoxy) is 1. The van der Waals surface area contributed by atoms with Crippen molar-refractivity contribution in [1.82, 2.24) is 10.2 Å². The summed E-state index contributed by atoms with van der Waals surface area (Å²) in [6.45, 7) is 6.25. The van der Waals surface area contributed by atoms with Gasteiger partial charge in [-0.1, -0.05) is 0 Å².